The van der Waals surface area contributed by atoms with Crippen molar-refractivity contribution in [3.63, 3.8) is 0 Å². The zero-order chi connectivity index (χ0) is 13.7. The monoisotopic (exact) mass is 264 g/mol. The standard InChI is InChI=1S/C15H24N2O2/c1-17(9-10-18)8-6-15(19)13-4-5-14-12(11-13)3-2-7-16-14/h4-5,11,15-16,18-19H,2-3,6-10H2,1H3. The van der Waals surface area contributed by atoms with Gasteiger partial charge in [0.25, 0.3) is 0 Å². The molecule has 1 unspecified atom stereocenters. The number of likely N-dealkylation sites (N-methyl/N-ethyl adjacent to an activating group) is 1. The van der Waals surface area contributed by atoms with E-state index in [1.165, 1.54) is 11.3 Å². The first-order valence-electron chi connectivity index (χ1n) is 7.05. The molecule has 0 fully saturated rings. The molecule has 1 heterocycles. The Morgan fingerprint density at radius 3 is 3.00 bits per heavy atom. The molecule has 2 rings (SSSR count). The van der Waals surface area contributed by atoms with Gasteiger partial charge in [0.05, 0.1) is 12.7 Å². The van der Waals surface area contributed by atoms with Gasteiger partial charge in [-0.25, -0.2) is 0 Å². The number of nitrogens with zero attached hydrogens (tertiary/aromatic N) is 1. The Morgan fingerprint density at radius 1 is 1.37 bits per heavy atom. The van der Waals surface area contributed by atoms with Crippen molar-refractivity contribution in [2.24, 2.45) is 0 Å². The molecule has 0 saturated heterocycles. The van der Waals surface area contributed by atoms with Crippen LogP contribution in [-0.4, -0.2) is 48.4 Å². The van der Waals surface area contributed by atoms with Crippen LogP contribution in [0.1, 0.15) is 30.1 Å². The van der Waals surface area contributed by atoms with Crippen LogP contribution in [0.2, 0.25) is 0 Å². The van der Waals surface area contributed by atoms with E-state index < -0.39 is 6.10 Å². The second-order valence-electron chi connectivity index (χ2n) is 5.28. The summed E-state index contributed by atoms with van der Waals surface area (Å²) in [5.74, 6) is 0. The molecule has 19 heavy (non-hydrogen) atoms. The van der Waals surface area contributed by atoms with Gasteiger partial charge in [-0.05, 0) is 43.5 Å². The van der Waals surface area contributed by atoms with Crippen molar-refractivity contribution < 1.29 is 10.2 Å². The summed E-state index contributed by atoms with van der Waals surface area (Å²) < 4.78 is 0. The second-order valence-corrected chi connectivity index (χ2v) is 5.28. The van der Waals surface area contributed by atoms with Crippen molar-refractivity contribution in [2.45, 2.75) is 25.4 Å². The van der Waals surface area contributed by atoms with Crippen LogP contribution in [0.15, 0.2) is 18.2 Å². The number of hydrogen-bond donors (Lipinski definition) is 3. The molecule has 0 saturated carbocycles. The molecule has 106 valence electrons. The van der Waals surface area contributed by atoms with E-state index >= 15 is 0 Å². The summed E-state index contributed by atoms with van der Waals surface area (Å²) in [7, 11) is 1.96. The first-order chi connectivity index (χ1) is 9.20. The van der Waals surface area contributed by atoms with Gasteiger partial charge in [-0.3, -0.25) is 0 Å². The van der Waals surface area contributed by atoms with E-state index in [0.29, 0.717) is 13.0 Å². The number of aliphatic hydroxyl groups excluding tert-OH is 2. The number of benzene rings is 1. The lowest BCUT2D eigenvalue weighted by molar-refractivity contribution is 0.141. The summed E-state index contributed by atoms with van der Waals surface area (Å²) in [6.07, 6.45) is 2.52. The van der Waals surface area contributed by atoms with Crippen molar-refractivity contribution in [2.75, 3.05) is 38.6 Å². The van der Waals surface area contributed by atoms with Gasteiger partial charge in [0, 0.05) is 25.3 Å². The third-order valence-electron chi connectivity index (χ3n) is 3.72. The first-order valence-corrected chi connectivity index (χ1v) is 7.05. The number of fused-ring (bicyclic) bond motifs is 1. The molecular formula is C15H24N2O2. The van der Waals surface area contributed by atoms with E-state index in [1.807, 2.05) is 18.0 Å². The highest BCUT2D eigenvalue weighted by Crippen LogP contribution is 2.26. The second kappa shape index (κ2) is 6.89. The van der Waals surface area contributed by atoms with E-state index in [-0.39, 0.29) is 6.61 Å². The molecule has 4 heteroatoms. The normalized spacial score (nSPS) is 16.0. The highest BCUT2D eigenvalue weighted by atomic mass is 16.3. The zero-order valence-electron chi connectivity index (χ0n) is 11.6. The van der Waals surface area contributed by atoms with Gasteiger partial charge in [0.1, 0.15) is 0 Å². The molecule has 3 N–H and O–H groups in total. The van der Waals surface area contributed by atoms with Crippen molar-refractivity contribution in [1.29, 1.82) is 0 Å². The molecular weight excluding hydrogens is 240 g/mol. The maximum atomic E-state index is 10.2. The summed E-state index contributed by atoms with van der Waals surface area (Å²) in [6, 6.07) is 6.20. The summed E-state index contributed by atoms with van der Waals surface area (Å²) in [5, 5.41) is 22.4. The topological polar surface area (TPSA) is 55.7 Å². The fraction of sp³-hybridized carbons (Fsp3) is 0.600. The average Bonchev–Trinajstić information content (AvgIpc) is 2.44. The predicted molar refractivity (Wildman–Crippen MR) is 77.4 cm³/mol. The number of aryl methyl sites for hydroxylation is 1. The Labute approximate surface area is 115 Å². The number of rotatable bonds is 6. The van der Waals surface area contributed by atoms with Crippen LogP contribution in [0.25, 0.3) is 0 Å². The Kier molecular flexibility index (Phi) is 5.19. The van der Waals surface area contributed by atoms with E-state index in [1.54, 1.807) is 0 Å². The Hall–Kier alpha value is -1.10. The molecule has 1 aliphatic heterocycles. The average molecular weight is 264 g/mol. The van der Waals surface area contributed by atoms with Crippen molar-refractivity contribution in [3.8, 4) is 0 Å². The molecule has 0 bridgehead atoms. The minimum Gasteiger partial charge on any atom is -0.395 e. The molecule has 1 atom stereocenters. The van der Waals surface area contributed by atoms with Crippen LogP contribution < -0.4 is 5.32 Å². The lowest BCUT2D eigenvalue weighted by Crippen LogP contribution is -2.24. The Bertz CT molecular complexity index is 409. The van der Waals surface area contributed by atoms with Crippen LogP contribution in [0, 0.1) is 0 Å². The minimum atomic E-state index is -0.423. The fourth-order valence-electron chi connectivity index (χ4n) is 2.49. The molecule has 0 aromatic heterocycles. The number of hydrogen-bond acceptors (Lipinski definition) is 4. The smallest absolute Gasteiger partial charge is 0.0802 e. The van der Waals surface area contributed by atoms with Gasteiger partial charge >= 0.3 is 0 Å². The van der Waals surface area contributed by atoms with Crippen LogP contribution in [0.4, 0.5) is 5.69 Å². The molecule has 4 nitrogen and oxygen atoms in total. The van der Waals surface area contributed by atoms with Gasteiger partial charge in [-0.15, -0.1) is 0 Å². The molecule has 0 spiro atoms. The SMILES string of the molecule is CN(CCO)CCC(O)c1ccc2c(c1)CCCN2. The number of aliphatic hydroxyl groups is 2. The number of nitrogens with one attached hydrogen (secondary N) is 1. The van der Waals surface area contributed by atoms with E-state index in [4.69, 9.17) is 5.11 Å². The Balaban J connectivity index is 1.93. The summed E-state index contributed by atoms with van der Waals surface area (Å²) in [4.78, 5) is 2.03. The molecule has 1 aromatic rings. The summed E-state index contributed by atoms with van der Waals surface area (Å²) in [5.41, 5.74) is 3.52. The van der Waals surface area contributed by atoms with E-state index in [2.05, 4.69) is 17.4 Å². The first kappa shape index (κ1) is 14.3. The largest absolute Gasteiger partial charge is 0.395 e. The van der Waals surface area contributed by atoms with Gasteiger partial charge in [-0.2, -0.15) is 0 Å². The molecule has 0 amide bonds. The van der Waals surface area contributed by atoms with Gasteiger partial charge < -0.3 is 20.4 Å². The molecule has 1 aromatic carbocycles. The molecule has 0 aliphatic carbocycles. The Morgan fingerprint density at radius 2 is 2.21 bits per heavy atom. The quantitative estimate of drug-likeness (QED) is 0.727. The van der Waals surface area contributed by atoms with Crippen molar-refractivity contribution in [3.05, 3.63) is 29.3 Å². The highest BCUT2D eigenvalue weighted by Gasteiger charge is 2.13. The maximum absolute atomic E-state index is 10.2. The van der Waals surface area contributed by atoms with E-state index in [0.717, 1.165) is 31.5 Å². The molecule has 0 radical (unpaired) electrons. The van der Waals surface area contributed by atoms with Crippen LogP contribution in [0.5, 0.6) is 0 Å². The molecule has 1 aliphatic rings. The van der Waals surface area contributed by atoms with Gasteiger partial charge in [0.2, 0.25) is 0 Å². The van der Waals surface area contributed by atoms with Crippen molar-refractivity contribution >= 4 is 5.69 Å². The zero-order valence-corrected chi connectivity index (χ0v) is 11.6. The predicted octanol–water partition coefficient (Wildman–Crippen LogP) is 1.39. The lowest BCUT2D eigenvalue weighted by Gasteiger charge is -2.21. The number of anilines is 1. The van der Waals surface area contributed by atoms with Gasteiger partial charge in [-0.1, -0.05) is 12.1 Å². The summed E-state index contributed by atoms with van der Waals surface area (Å²) >= 11 is 0. The van der Waals surface area contributed by atoms with E-state index in [9.17, 15) is 5.11 Å². The summed E-state index contributed by atoms with van der Waals surface area (Å²) in [6.45, 7) is 2.65. The fourth-order valence-corrected chi connectivity index (χ4v) is 2.49. The van der Waals surface area contributed by atoms with Crippen LogP contribution in [-0.2, 0) is 6.42 Å². The highest BCUT2D eigenvalue weighted by molar-refractivity contribution is 5.54. The van der Waals surface area contributed by atoms with Crippen LogP contribution in [0.3, 0.4) is 0 Å². The van der Waals surface area contributed by atoms with Gasteiger partial charge in [0.15, 0.2) is 0 Å². The third kappa shape index (κ3) is 3.93. The minimum absolute atomic E-state index is 0.164. The lowest BCUT2D eigenvalue weighted by atomic mass is 9.97. The van der Waals surface area contributed by atoms with Crippen molar-refractivity contribution in [1.82, 2.24) is 4.90 Å². The third-order valence-corrected chi connectivity index (χ3v) is 3.72. The maximum Gasteiger partial charge on any atom is 0.0802 e. The van der Waals surface area contributed by atoms with Crippen LogP contribution >= 0.6 is 0 Å².